The van der Waals surface area contributed by atoms with Crippen LogP contribution in [0.5, 0.6) is 0 Å². The van der Waals surface area contributed by atoms with Crippen LogP contribution in [0.1, 0.15) is 33.1 Å². The minimum Gasteiger partial charge on any atom is -0.312 e. The zero-order chi connectivity index (χ0) is 12.3. The van der Waals surface area contributed by atoms with Crippen LogP contribution in [0.3, 0.4) is 0 Å². The quantitative estimate of drug-likeness (QED) is 0.782. The zero-order valence-corrected chi connectivity index (χ0v) is 11.8. The third-order valence-electron chi connectivity index (χ3n) is 4.63. The molecule has 0 radical (unpaired) electrons. The van der Waals surface area contributed by atoms with Crippen molar-refractivity contribution in [2.45, 2.75) is 45.2 Å². The Hall–Kier alpha value is -0.120. The predicted octanol–water partition coefficient (Wildman–Crippen LogP) is 1.40. The molecule has 1 N–H and O–H groups in total. The third-order valence-corrected chi connectivity index (χ3v) is 4.63. The summed E-state index contributed by atoms with van der Waals surface area (Å²) >= 11 is 0. The first-order valence-electron chi connectivity index (χ1n) is 7.36. The second-order valence-corrected chi connectivity index (χ2v) is 5.97. The molecule has 3 nitrogen and oxygen atoms in total. The minimum absolute atomic E-state index is 0.719. The normalized spacial score (nSPS) is 34.9. The Balaban J connectivity index is 1.74. The number of rotatable bonds is 5. The van der Waals surface area contributed by atoms with E-state index in [2.05, 4.69) is 36.0 Å². The van der Waals surface area contributed by atoms with E-state index in [1.54, 1.807) is 0 Å². The molecule has 100 valence electrons. The van der Waals surface area contributed by atoms with Crippen molar-refractivity contribution < 1.29 is 0 Å². The molecular weight excluding hydrogens is 210 g/mol. The Morgan fingerprint density at radius 3 is 2.76 bits per heavy atom. The summed E-state index contributed by atoms with van der Waals surface area (Å²) in [4.78, 5) is 5.18. The van der Waals surface area contributed by atoms with Crippen molar-refractivity contribution in [2.75, 3.05) is 39.8 Å². The number of nitrogens with one attached hydrogen (secondary N) is 1. The van der Waals surface area contributed by atoms with Gasteiger partial charge in [0.25, 0.3) is 0 Å². The van der Waals surface area contributed by atoms with Crippen LogP contribution in [0.15, 0.2) is 0 Å². The number of hydrogen-bond donors (Lipinski definition) is 1. The summed E-state index contributed by atoms with van der Waals surface area (Å²) in [5.74, 6) is 0.850. The van der Waals surface area contributed by atoms with Gasteiger partial charge >= 0.3 is 0 Å². The summed E-state index contributed by atoms with van der Waals surface area (Å²) in [5, 5.41) is 3.63. The first-order valence-corrected chi connectivity index (χ1v) is 7.36. The third kappa shape index (κ3) is 3.43. The maximum Gasteiger partial charge on any atom is 0.0223 e. The number of likely N-dealkylation sites (tertiary alicyclic amines) is 1. The van der Waals surface area contributed by atoms with Gasteiger partial charge in [-0.15, -0.1) is 0 Å². The Bertz CT molecular complexity index is 232. The van der Waals surface area contributed by atoms with Gasteiger partial charge in [0, 0.05) is 25.2 Å². The Morgan fingerprint density at radius 1 is 1.29 bits per heavy atom. The molecule has 3 unspecified atom stereocenters. The van der Waals surface area contributed by atoms with Gasteiger partial charge in [-0.25, -0.2) is 0 Å². The SMILES string of the molecule is CCN1CCCC1CN(C)CC1NCCC1C. The van der Waals surface area contributed by atoms with Gasteiger partial charge in [-0.3, -0.25) is 4.90 Å². The minimum atomic E-state index is 0.719. The highest BCUT2D eigenvalue weighted by molar-refractivity contribution is 4.85. The molecule has 0 aromatic heterocycles. The van der Waals surface area contributed by atoms with Crippen molar-refractivity contribution in [1.82, 2.24) is 15.1 Å². The van der Waals surface area contributed by atoms with Crippen molar-refractivity contribution in [3.8, 4) is 0 Å². The van der Waals surface area contributed by atoms with Gasteiger partial charge < -0.3 is 10.2 Å². The molecule has 2 saturated heterocycles. The molecule has 0 amide bonds. The second-order valence-electron chi connectivity index (χ2n) is 5.97. The van der Waals surface area contributed by atoms with E-state index in [0.717, 1.165) is 18.0 Å². The predicted molar refractivity (Wildman–Crippen MR) is 73.3 cm³/mol. The van der Waals surface area contributed by atoms with Gasteiger partial charge in [-0.2, -0.15) is 0 Å². The molecule has 2 heterocycles. The monoisotopic (exact) mass is 239 g/mol. The maximum atomic E-state index is 3.63. The molecule has 0 aromatic carbocycles. The molecule has 2 rings (SSSR count). The van der Waals surface area contributed by atoms with Crippen LogP contribution in [-0.2, 0) is 0 Å². The highest BCUT2D eigenvalue weighted by Gasteiger charge is 2.27. The highest BCUT2D eigenvalue weighted by atomic mass is 15.2. The van der Waals surface area contributed by atoms with E-state index >= 15 is 0 Å². The van der Waals surface area contributed by atoms with Crippen molar-refractivity contribution >= 4 is 0 Å². The van der Waals surface area contributed by atoms with E-state index in [1.165, 1.54) is 52.0 Å². The highest BCUT2D eigenvalue weighted by Crippen LogP contribution is 2.19. The molecule has 2 aliphatic rings. The van der Waals surface area contributed by atoms with E-state index < -0.39 is 0 Å². The smallest absolute Gasteiger partial charge is 0.0223 e. The van der Waals surface area contributed by atoms with Crippen LogP contribution in [0, 0.1) is 5.92 Å². The number of nitrogens with zero attached hydrogens (tertiary/aromatic N) is 2. The van der Waals surface area contributed by atoms with E-state index in [1.807, 2.05) is 0 Å². The van der Waals surface area contributed by atoms with Crippen LogP contribution < -0.4 is 5.32 Å². The molecule has 17 heavy (non-hydrogen) atoms. The van der Waals surface area contributed by atoms with E-state index in [-0.39, 0.29) is 0 Å². The summed E-state index contributed by atoms with van der Waals surface area (Å²) in [6.45, 7) is 10.9. The van der Waals surface area contributed by atoms with Gasteiger partial charge in [-0.05, 0) is 51.9 Å². The van der Waals surface area contributed by atoms with Crippen molar-refractivity contribution in [3.63, 3.8) is 0 Å². The van der Waals surface area contributed by atoms with Gasteiger partial charge in [0.05, 0.1) is 0 Å². The van der Waals surface area contributed by atoms with E-state index in [9.17, 15) is 0 Å². The molecule has 0 saturated carbocycles. The lowest BCUT2D eigenvalue weighted by Gasteiger charge is -2.30. The van der Waals surface area contributed by atoms with Crippen LogP contribution in [0.2, 0.25) is 0 Å². The van der Waals surface area contributed by atoms with Crippen LogP contribution in [-0.4, -0.2) is 61.7 Å². The van der Waals surface area contributed by atoms with Crippen molar-refractivity contribution in [2.24, 2.45) is 5.92 Å². The lowest BCUT2D eigenvalue weighted by Crippen LogP contribution is -2.44. The van der Waals surface area contributed by atoms with Gasteiger partial charge in [-0.1, -0.05) is 13.8 Å². The fraction of sp³-hybridized carbons (Fsp3) is 1.00. The van der Waals surface area contributed by atoms with Crippen molar-refractivity contribution in [1.29, 1.82) is 0 Å². The Kier molecular flexibility index (Phi) is 4.83. The summed E-state index contributed by atoms with van der Waals surface area (Å²) < 4.78 is 0. The van der Waals surface area contributed by atoms with Crippen LogP contribution in [0.4, 0.5) is 0 Å². The van der Waals surface area contributed by atoms with Crippen molar-refractivity contribution in [3.05, 3.63) is 0 Å². The number of hydrogen-bond acceptors (Lipinski definition) is 3. The molecular formula is C14H29N3. The fourth-order valence-corrected chi connectivity index (χ4v) is 3.43. The Morgan fingerprint density at radius 2 is 2.12 bits per heavy atom. The van der Waals surface area contributed by atoms with E-state index in [4.69, 9.17) is 0 Å². The Labute approximate surface area is 107 Å². The molecule has 3 atom stereocenters. The summed E-state index contributed by atoms with van der Waals surface area (Å²) in [5.41, 5.74) is 0. The molecule has 0 bridgehead atoms. The lowest BCUT2D eigenvalue weighted by atomic mass is 10.0. The first-order chi connectivity index (χ1) is 8.20. The average molecular weight is 239 g/mol. The molecule has 0 aromatic rings. The fourth-order valence-electron chi connectivity index (χ4n) is 3.43. The van der Waals surface area contributed by atoms with Gasteiger partial charge in [0.1, 0.15) is 0 Å². The largest absolute Gasteiger partial charge is 0.312 e. The lowest BCUT2D eigenvalue weighted by molar-refractivity contribution is 0.185. The second kappa shape index (κ2) is 6.17. The first kappa shape index (κ1) is 13.3. The molecule has 0 spiro atoms. The topological polar surface area (TPSA) is 18.5 Å². The zero-order valence-electron chi connectivity index (χ0n) is 11.8. The molecule has 0 aliphatic carbocycles. The van der Waals surface area contributed by atoms with Crippen LogP contribution >= 0.6 is 0 Å². The maximum absolute atomic E-state index is 3.63. The standard InChI is InChI=1S/C14H29N3/c1-4-17-9-5-6-13(17)10-16(3)11-14-12(2)7-8-15-14/h12-15H,4-11H2,1-3H3. The summed E-state index contributed by atoms with van der Waals surface area (Å²) in [6.07, 6.45) is 4.14. The molecule has 3 heteroatoms. The van der Waals surface area contributed by atoms with E-state index in [0.29, 0.717) is 0 Å². The summed E-state index contributed by atoms with van der Waals surface area (Å²) in [7, 11) is 2.29. The summed E-state index contributed by atoms with van der Waals surface area (Å²) in [6, 6.07) is 1.53. The molecule has 2 fully saturated rings. The van der Waals surface area contributed by atoms with Crippen LogP contribution in [0.25, 0.3) is 0 Å². The average Bonchev–Trinajstić information content (AvgIpc) is 2.89. The number of likely N-dealkylation sites (N-methyl/N-ethyl adjacent to an activating group) is 2. The van der Waals surface area contributed by atoms with Gasteiger partial charge in [0.2, 0.25) is 0 Å². The molecule has 2 aliphatic heterocycles. The van der Waals surface area contributed by atoms with Gasteiger partial charge in [0.15, 0.2) is 0 Å².